The first-order valence-electron chi connectivity index (χ1n) is 7.78. The van der Waals surface area contributed by atoms with Gasteiger partial charge in [-0.1, -0.05) is 30.3 Å². The summed E-state index contributed by atoms with van der Waals surface area (Å²) < 4.78 is 5.49. The molecule has 4 heteroatoms. The van der Waals surface area contributed by atoms with E-state index in [0.29, 0.717) is 12.8 Å². The molecule has 1 aromatic rings. The minimum Gasteiger partial charge on any atom is -0.393 e. The third-order valence-corrected chi connectivity index (χ3v) is 4.77. The van der Waals surface area contributed by atoms with E-state index >= 15 is 0 Å². The second-order valence-corrected chi connectivity index (χ2v) is 6.14. The first kappa shape index (κ1) is 14.5. The zero-order valence-corrected chi connectivity index (χ0v) is 12.4. The molecule has 2 aliphatic rings. The molecule has 2 saturated heterocycles. The maximum Gasteiger partial charge on any atom is 0.256 e. The molecule has 2 fully saturated rings. The van der Waals surface area contributed by atoms with Crippen LogP contribution in [0.25, 0.3) is 0 Å². The molecule has 21 heavy (non-hydrogen) atoms. The zero-order valence-electron chi connectivity index (χ0n) is 12.4. The molecule has 2 heterocycles. The predicted molar refractivity (Wildman–Crippen MR) is 79.7 cm³/mol. The summed E-state index contributed by atoms with van der Waals surface area (Å²) in [6, 6.07) is 9.99. The van der Waals surface area contributed by atoms with Crippen molar-refractivity contribution >= 4 is 5.91 Å². The summed E-state index contributed by atoms with van der Waals surface area (Å²) in [5.74, 6) is 0.0466. The van der Waals surface area contributed by atoms with Crippen molar-refractivity contribution in [2.45, 2.75) is 56.4 Å². The van der Waals surface area contributed by atoms with Gasteiger partial charge in [0.15, 0.2) is 6.10 Å². The fourth-order valence-corrected chi connectivity index (χ4v) is 3.86. The summed E-state index contributed by atoms with van der Waals surface area (Å²) in [7, 11) is 1.59. The van der Waals surface area contributed by atoms with Gasteiger partial charge in [-0.3, -0.25) is 4.79 Å². The maximum atomic E-state index is 13.0. The number of hydrogen-bond donors (Lipinski definition) is 1. The van der Waals surface area contributed by atoms with Crippen LogP contribution in [0.5, 0.6) is 0 Å². The molecule has 1 N–H and O–H groups in total. The monoisotopic (exact) mass is 289 g/mol. The molecule has 0 radical (unpaired) electrons. The largest absolute Gasteiger partial charge is 0.393 e. The normalized spacial score (nSPS) is 30.0. The summed E-state index contributed by atoms with van der Waals surface area (Å²) >= 11 is 0. The highest BCUT2D eigenvalue weighted by atomic mass is 16.5. The summed E-state index contributed by atoms with van der Waals surface area (Å²) in [4.78, 5) is 15.0. The Bertz CT molecular complexity index is 476. The van der Waals surface area contributed by atoms with E-state index in [2.05, 4.69) is 0 Å². The first-order chi connectivity index (χ1) is 10.2. The lowest BCUT2D eigenvalue weighted by Crippen LogP contribution is -2.57. The third-order valence-electron chi connectivity index (χ3n) is 4.77. The summed E-state index contributed by atoms with van der Waals surface area (Å²) in [5, 5.41) is 9.96. The molecule has 114 valence electrons. The molecule has 3 rings (SSSR count). The Morgan fingerprint density at radius 1 is 1.24 bits per heavy atom. The Hall–Kier alpha value is -1.39. The molecule has 2 aliphatic heterocycles. The number of carbonyl (C=O) groups is 1. The van der Waals surface area contributed by atoms with Gasteiger partial charge in [-0.15, -0.1) is 0 Å². The fraction of sp³-hybridized carbons (Fsp3) is 0.588. The highest BCUT2D eigenvalue weighted by Gasteiger charge is 2.42. The van der Waals surface area contributed by atoms with Gasteiger partial charge in [0.2, 0.25) is 0 Å². The van der Waals surface area contributed by atoms with E-state index in [1.807, 2.05) is 35.2 Å². The number of nitrogens with zero attached hydrogens (tertiary/aromatic N) is 1. The van der Waals surface area contributed by atoms with Crippen molar-refractivity contribution in [2.24, 2.45) is 0 Å². The first-order valence-corrected chi connectivity index (χ1v) is 7.78. The van der Waals surface area contributed by atoms with Crippen LogP contribution in [0.3, 0.4) is 0 Å². The topological polar surface area (TPSA) is 49.8 Å². The molecule has 1 aromatic carbocycles. The Kier molecular flexibility index (Phi) is 4.27. The second kappa shape index (κ2) is 6.16. The lowest BCUT2D eigenvalue weighted by atomic mass is 9.82. The molecular weight excluding hydrogens is 266 g/mol. The standard InChI is InChI=1S/C17H23NO3/c1-21-16(12-6-3-2-4-7-12)17(20)18-13-8-5-9-14(18)11-15(19)10-13/h2-4,6-7,13-16,19H,5,8-11H2,1H3/t13-,14+,15?,16?. The molecule has 0 saturated carbocycles. The number of hydrogen-bond acceptors (Lipinski definition) is 3. The number of carbonyl (C=O) groups excluding carboxylic acids is 1. The maximum absolute atomic E-state index is 13.0. The van der Waals surface area contributed by atoms with Crippen molar-refractivity contribution in [2.75, 3.05) is 7.11 Å². The van der Waals surface area contributed by atoms with Gasteiger partial charge in [-0.25, -0.2) is 0 Å². The van der Waals surface area contributed by atoms with Gasteiger partial charge in [-0.2, -0.15) is 0 Å². The minimum absolute atomic E-state index is 0.0466. The SMILES string of the molecule is COC(C(=O)N1[C@@H]2CCC[C@H]1CC(O)C2)c1ccccc1. The van der Waals surface area contributed by atoms with Crippen molar-refractivity contribution in [1.82, 2.24) is 4.90 Å². The highest BCUT2D eigenvalue weighted by Crippen LogP contribution is 2.36. The van der Waals surface area contributed by atoms with Gasteiger partial charge >= 0.3 is 0 Å². The van der Waals surface area contributed by atoms with Gasteiger partial charge in [-0.05, 0) is 37.7 Å². The molecule has 0 aromatic heterocycles. The highest BCUT2D eigenvalue weighted by molar-refractivity contribution is 5.83. The van der Waals surface area contributed by atoms with Crippen molar-refractivity contribution in [3.8, 4) is 0 Å². The van der Waals surface area contributed by atoms with Crippen molar-refractivity contribution in [3.05, 3.63) is 35.9 Å². The van der Waals surface area contributed by atoms with E-state index in [0.717, 1.165) is 24.8 Å². The molecule has 2 unspecified atom stereocenters. The smallest absolute Gasteiger partial charge is 0.256 e. The van der Waals surface area contributed by atoms with Crippen LogP contribution in [0.15, 0.2) is 30.3 Å². The Morgan fingerprint density at radius 2 is 1.86 bits per heavy atom. The number of amides is 1. The van der Waals surface area contributed by atoms with E-state index in [-0.39, 0.29) is 24.1 Å². The number of aliphatic hydroxyl groups is 1. The van der Waals surface area contributed by atoms with E-state index in [9.17, 15) is 9.90 Å². The van der Waals surface area contributed by atoms with Gasteiger partial charge in [0.05, 0.1) is 6.10 Å². The number of rotatable bonds is 3. The van der Waals surface area contributed by atoms with Crippen LogP contribution in [0.4, 0.5) is 0 Å². The third kappa shape index (κ3) is 2.83. The lowest BCUT2D eigenvalue weighted by Gasteiger charge is -2.48. The zero-order chi connectivity index (χ0) is 14.8. The average molecular weight is 289 g/mol. The Balaban J connectivity index is 1.83. The molecule has 0 aliphatic carbocycles. The molecular formula is C17H23NO3. The second-order valence-electron chi connectivity index (χ2n) is 6.14. The number of fused-ring (bicyclic) bond motifs is 2. The molecule has 4 atom stereocenters. The van der Waals surface area contributed by atoms with Gasteiger partial charge < -0.3 is 14.7 Å². The van der Waals surface area contributed by atoms with Crippen LogP contribution < -0.4 is 0 Å². The van der Waals surface area contributed by atoms with Gasteiger partial charge in [0.25, 0.3) is 5.91 Å². The average Bonchev–Trinajstić information content (AvgIpc) is 2.48. The number of piperidine rings is 2. The summed E-state index contributed by atoms with van der Waals surface area (Å²) in [6.45, 7) is 0. The Morgan fingerprint density at radius 3 is 2.43 bits per heavy atom. The van der Waals surface area contributed by atoms with Crippen LogP contribution >= 0.6 is 0 Å². The number of ether oxygens (including phenoxy) is 1. The van der Waals surface area contributed by atoms with Crippen molar-refractivity contribution < 1.29 is 14.6 Å². The van der Waals surface area contributed by atoms with Gasteiger partial charge in [0.1, 0.15) is 0 Å². The molecule has 4 nitrogen and oxygen atoms in total. The van der Waals surface area contributed by atoms with Gasteiger partial charge in [0, 0.05) is 19.2 Å². The summed E-state index contributed by atoms with van der Waals surface area (Å²) in [6.07, 6.45) is 3.73. The molecule has 0 spiro atoms. The van der Waals surface area contributed by atoms with E-state index < -0.39 is 6.10 Å². The van der Waals surface area contributed by atoms with Crippen molar-refractivity contribution in [1.29, 1.82) is 0 Å². The number of aliphatic hydroxyl groups excluding tert-OH is 1. The van der Waals surface area contributed by atoms with Crippen molar-refractivity contribution in [3.63, 3.8) is 0 Å². The van der Waals surface area contributed by atoms with Crippen LogP contribution in [-0.2, 0) is 9.53 Å². The molecule has 1 amide bonds. The minimum atomic E-state index is -0.537. The van der Waals surface area contributed by atoms with E-state index in [4.69, 9.17) is 4.74 Å². The Labute approximate surface area is 125 Å². The number of methoxy groups -OCH3 is 1. The van der Waals surface area contributed by atoms with E-state index in [1.54, 1.807) is 7.11 Å². The lowest BCUT2D eigenvalue weighted by molar-refractivity contribution is -0.155. The van der Waals surface area contributed by atoms with Crippen LogP contribution in [0.2, 0.25) is 0 Å². The molecule has 2 bridgehead atoms. The van der Waals surface area contributed by atoms with Crippen LogP contribution in [0.1, 0.15) is 43.8 Å². The predicted octanol–water partition coefficient (Wildman–Crippen LogP) is 2.28. The van der Waals surface area contributed by atoms with E-state index in [1.165, 1.54) is 0 Å². The van der Waals surface area contributed by atoms with Crippen LogP contribution in [0, 0.1) is 0 Å². The fourth-order valence-electron chi connectivity index (χ4n) is 3.86. The summed E-state index contributed by atoms with van der Waals surface area (Å²) in [5.41, 5.74) is 0.897. The quantitative estimate of drug-likeness (QED) is 0.928. The number of benzene rings is 1. The van der Waals surface area contributed by atoms with Crippen LogP contribution in [-0.4, -0.2) is 41.2 Å².